The summed E-state index contributed by atoms with van der Waals surface area (Å²) in [5.41, 5.74) is 4.17. The number of rotatable bonds is 3. The summed E-state index contributed by atoms with van der Waals surface area (Å²) < 4.78 is 0. The molecule has 0 radical (unpaired) electrons. The summed E-state index contributed by atoms with van der Waals surface area (Å²) >= 11 is 0. The van der Waals surface area contributed by atoms with Gasteiger partial charge in [-0.05, 0) is 47.6 Å². The summed E-state index contributed by atoms with van der Waals surface area (Å²) in [6, 6.07) is 18.2. The molecule has 0 amide bonds. The van der Waals surface area contributed by atoms with Crippen LogP contribution in [0.15, 0.2) is 60.8 Å². The molecule has 0 saturated heterocycles. The Kier molecular flexibility index (Phi) is 2.97. The zero-order chi connectivity index (χ0) is 14.2. The van der Waals surface area contributed by atoms with E-state index in [0.29, 0.717) is 0 Å². The van der Waals surface area contributed by atoms with E-state index in [0.717, 1.165) is 27.9 Å². The van der Waals surface area contributed by atoms with Crippen LogP contribution in [0.2, 0.25) is 0 Å². The summed E-state index contributed by atoms with van der Waals surface area (Å²) in [6.45, 7) is 0. The zero-order valence-electron chi connectivity index (χ0n) is 11.7. The van der Waals surface area contributed by atoms with Crippen molar-refractivity contribution in [2.45, 2.75) is 24.9 Å². The van der Waals surface area contributed by atoms with Crippen LogP contribution >= 0.6 is 0 Å². The molecule has 3 aromatic rings. The Hall–Kier alpha value is -2.19. The van der Waals surface area contributed by atoms with Gasteiger partial charge in [0.25, 0.3) is 0 Å². The first-order chi connectivity index (χ1) is 10.3. The highest BCUT2D eigenvalue weighted by molar-refractivity contribution is 5.82. The standard InChI is InChI=1S/C19H17NO/c21-19(15-10-8-14(9-11-15)13-6-7-13)17-3-1-5-18-16(17)4-2-12-20-18/h1-5,8-13,19,21H,6-7H2. The number of nitrogens with zero attached hydrogens (tertiary/aromatic N) is 1. The zero-order valence-corrected chi connectivity index (χ0v) is 11.7. The molecule has 21 heavy (non-hydrogen) atoms. The summed E-state index contributed by atoms with van der Waals surface area (Å²) in [5, 5.41) is 11.7. The predicted molar refractivity (Wildman–Crippen MR) is 84.2 cm³/mol. The molecule has 1 aliphatic rings. The molecule has 1 atom stereocenters. The van der Waals surface area contributed by atoms with Crippen LogP contribution < -0.4 is 0 Å². The normalized spacial score (nSPS) is 16.0. The van der Waals surface area contributed by atoms with Crippen molar-refractivity contribution in [1.29, 1.82) is 0 Å². The van der Waals surface area contributed by atoms with E-state index < -0.39 is 6.10 Å². The Morgan fingerprint density at radius 1 is 0.952 bits per heavy atom. The molecule has 2 heteroatoms. The lowest BCUT2D eigenvalue weighted by Gasteiger charge is -2.14. The number of aliphatic hydroxyl groups is 1. The van der Waals surface area contributed by atoms with Crippen molar-refractivity contribution in [3.8, 4) is 0 Å². The van der Waals surface area contributed by atoms with Crippen molar-refractivity contribution in [2.24, 2.45) is 0 Å². The first kappa shape index (κ1) is 12.5. The van der Waals surface area contributed by atoms with Crippen molar-refractivity contribution in [3.05, 3.63) is 77.5 Å². The van der Waals surface area contributed by atoms with E-state index in [-0.39, 0.29) is 0 Å². The van der Waals surface area contributed by atoms with E-state index in [1.165, 1.54) is 18.4 Å². The number of fused-ring (bicyclic) bond motifs is 1. The molecular formula is C19H17NO. The molecule has 0 bridgehead atoms. The number of benzene rings is 2. The highest BCUT2D eigenvalue weighted by atomic mass is 16.3. The summed E-state index contributed by atoms with van der Waals surface area (Å²) in [5.74, 6) is 0.748. The molecule has 1 aliphatic carbocycles. The van der Waals surface area contributed by atoms with Crippen LogP contribution in [0.3, 0.4) is 0 Å². The summed E-state index contributed by atoms with van der Waals surface area (Å²) in [4.78, 5) is 4.35. The number of hydrogen-bond donors (Lipinski definition) is 1. The summed E-state index contributed by atoms with van der Waals surface area (Å²) in [6.07, 6.45) is 3.78. The lowest BCUT2D eigenvalue weighted by Crippen LogP contribution is -2.01. The molecule has 1 unspecified atom stereocenters. The Bertz CT molecular complexity index is 770. The van der Waals surface area contributed by atoms with Gasteiger partial charge in [0.1, 0.15) is 6.10 Å². The van der Waals surface area contributed by atoms with Gasteiger partial charge < -0.3 is 5.11 Å². The molecule has 104 valence electrons. The van der Waals surface area contributed by atoms with Crippen molar-refractivity contribution in [1.82, 2.24) is 4.98 Å². The number of pyridine rings is 1. The maximum absolute atomic E-state index is 10.7. The van der Waals surface area contributed by atoms with E-state index >= 15 is 0 Å². The fraction of sp³-hybridized carbons (Fsp3) is 0.211. The topological polar surface area (TPSA) is 33.1 Å². The van der Waals surface area contributed by atoms with E-state index in [4.69, 9.17) is 0 Å². The van der Waals surface area contributed by atoms with Gasteiger partial charge >= 0.3 is 0 Å². The van der Waals surface area contributed by atoms with Gasteiger partial charge in [-0.2, -0.15) is 0 Å². The van der Waals surface area contributed by atoms with Gasteiger partial charge in [0, 0.05) is 11.6 Å². The molecule has 1 heterocycles. The van der Waals surface area contributed by atoms with Crippen molar-refractivity contribution < 1.29 is 5.11 Å². The number of aliphatic hydroxyl groups excluding tert-OH is 1. The molecule has 2 nitrogen and oxygen atoms in total. The lowest BCUT2D eigenvalue weighted by molar-refractivity contribution is 0.222. The van der Waals surface area contributed by atoms with Crippen LogP contribution in [0.1, 0.15) is 41.6 Å². The first-order valence-corrected chi connectivity index (χ1v) is 7.44. The molecule has 1 N–H and O–H groups in total. The highest BCUT2D eigenvalue weighted by Crippen LogP contribution is 2.40. The van der Waals surface area contributed by atoms with Gasteiger partial charge in [0.15, 0.2) is 0 Å². The molecule has 1 fully saturated rings. The Labute approximate surface area is 124 Å². The van der Waals surface area contributed by atoms with Gasteiger partial charge in [-0.25, -0.2) is 0 Å². The van der Waals surface area contributed by atoms with Gasteiger partial charge in [-0.15, -0.1) is 0 Å². The van der Waals surface area contributed by atoms with Crippen molar-refractivity contribution in [2.75, 3.05) is 0 Å². The minimum absolute atomic E-state index is 0.605. The molecule has 1 saturated carbocycles. The fourth-order valence-corrected chi connectivity index (χ4v) is 2.91. The minimum Gasteiger partial charge on any atom is -0.384 e. The first-order valence-electron chi connectivity index (χ1n) is 7.44. The SMILES string of the molecule is OC(c1ccc(C2CC2)cc1)c1cccc2ncccc12. The minimum atomic E-state index is -0.605. The van der Waals surface area contributed by atoms with Crippen LogP contribution in [0.25, 0.3) is 10.9 Å². The average molecular weight is 275 g/mol. The lowest BCUT2D eigenvalue weighted by atomic mass is 9.96. The van der Waals surface area contributed by atoms with Gasteiger partial charge in [0.05, 0.1) is 5.52 Å². The predicted octanol–water partition coefficient (Wildman–Crippen LogP) is 4.19. The molecular weight excluding hydrogens is 258 g/mol. The number of hydrogen-bond acceptors (Lipinski definition) is 2. The molecule has 2 aromatic carbocycles. The van der Waals surface area contributed by atoms with Gasteiger partial charge in [0.2, 0.25) is 0 Å². The third kappa shape index (κ3) is 2.32. The van der Waals surface area contributed by atoms with E-state index in [1.54, 1.807) is 6.20 Å². The van der Waals surface area contributed by atoms with Gasteiger partial charge in [-0.3, -0.25) is 4.98 Å². The fourth-order valence-electron chi connectivity index (χ4n) is 2.91. The second kappa shape index (κ2) is 4.97. The average Bonchev–Trinajstić information content (AvgIpc) is 3.39. The van der Waals surface area contributed by atoms with E-state index in [9.17, 15) is 5.11 Å². The maximum Gasteiger partial charge on any atom is 0.105 e. The van der Waals surface area contributed by atoms with Crippen molar-refractivity contribution in [3.63, 3.8) is 0 Å². The Balaban J connectivity index is 1.73. The molecule has 0 spiro atoms. The maximum atomic E-state index is 10.7. The largest absolute Gasteiger partial charge is 0.384 e. The quantitative estimate of drug-likeness (QED) is 0.777. The highest BCUT2D eigenvalue weighted by Gasteiger charge is 2.23. The van der Waals surface area contributed by atoms with Crippen molar-refractivity contribution >= 4 is 10.9 Å². The second-order valence-corrected chi connectivity index (χ2v) is 5.76. The van der Waals surface area contributed by atoms with Crippen LogP contribution in [0.4, 0.5) is 0 Å². The molecule has 4 rings (SSSR count). The Morgan fingerprint density at radius 2 is 1.76 bits per heavy atom. The van der Waals surface area contributed by atoms with Crippen LogP contribution in [-0.2, 0) is 0 Å². The smallest absolute Gasteiger partial charge is 0.105 e. The second-order valence-electron chi connectivity index (χ2n) is 5.76. The van der Waals surface area contributed by atoms with Crippen LogP contribution in [0.5, 0.6) is 0 Å². The van der Waals surface area contributed by atoms with Crippen LogP contribution in [0, 0.1) is 0 Å². The molecule has 1 aromatic heterocycles. The number of aromatic nitrogens is 1. The monoisotopic (exact) mass is 275 g/mol. The third-order valence-electron chi connectivity index (χ3n) is 4.27. The van der Waals surface area contributed by atoms with E-state index in [2.05, 4.69) is 17.1 Å². The Morgan fingerprint density at radius 3 is 2.52 bits per heavy atom. The third-order valence-corrected chi connectivity index (χ3v) is 4.27. The van der Waals surface area contributed by atoms with Crippen LogP contribution in [-0.4, -0.2) is 10.1 Å². The van der Waals surface area contributed by atoms with Gasteiger partial charge in [-0.1, -0.05) is 42.5 Å². The van der Waals surface area contributed by atoms with E-state index in [1.807, 2.05) is 42.5 Å². The molecule has 0 aliphatic heterocycles. The summed E-state index contributed by atoms with van der Waals surface area (Å²) in [7, 11) is 0.